The van der Waals surface area contributed by atoms with E-state index in [1.54, 1.807) is 26.1 Å². The van der Waals surface area contributed by atoms with Gasteiger partial charge >= 0.3 is 12.1 Å². The third-order valence-corrected chi connectivity index (χ3v) is 6.76. The second-order valence-corrected chi connectivity index (χ2v) is 9.99. The van der Waals surface area contributed by atoms with Gasteiger partial charge in [0.15, 0.2) is 0 Å². The van der Waals surface area contributed by atoms with E-state index in [1.165, 1.54) is 28.9 Å². The monoisotopic (exact) mass is 578 g/mol. The predicted octanol–water partition coefficient (Wildman–Crippen LogP) is 5.35. The van der Waals surface area contributed by atoms with Crippen LogP contribution in [0.4, 0.5) is 19.1 Å². The molecule has 13 heteroatoms. The number of benzene rings is 1. The number of nitrogen functional groups attached to an aromatic ring is 1. The van der Waals surface area contributed by atoms with Gasteiger partial charge in [0, 0.05) is 22.8 Å². The zero-order valence-electron chi connectivity index (χ0n) is 22.0. The number of anilines is 1. The van der Waals surface area contributed by atoms with Crippen molar-refractivity contribution in [1.29, 1.82) is 0 Å². The summed E-state index contributed by atoms with van der Waals surface area (Å²) in [7, 11) is 0. The highest BCUT2D eigenvalue weighted by Crippen LogP contribution is 2.40. The van der Waals surface area contributed by atoms with Crippen LogP contribution in [0, 0.1) is 12.8 Å². The largest absolute Gasteiger partial charge is 0.465 e. The number of alkyl halides is 3. The first kappa shape index (κ1) is 29.3. The Morgan fingerprint density at radius 2 is 2.02 bits per heavy atom. The molecule has 0 amide bonds. The summed E-state index contributed by atoms with van der Waals surface area (Å²) in [5, 5.41) is 4.48. The van der Waals surface area contributed by atoms with Crippen LogP contribution in [0.3, 0.4) is 0 Å². The van der Waals surface area contributed by atoms with Gasteiger partial charge in [-0.05, 0) is 69.2 Å². The number of carbonyl (C=O) groups is 1. The summed E-state index contributed by atoms with van der Waals surface area (Å²) in [6.07, 6.45) is -1.36. The van der Waals surface area contributed by atoms with Gasteiger partial charge in [0.25, 0.3) is 0 Å². The standard InChI is InChI=1S/C27H30ClF3N6O3/c1-3-39-25(38)20(32)12-16-4-6-17(7-5-16)21-14-23(35-26(33)34-21)40-24(27(29,30)31)19-9-8-18(28)13-22(19)37-11-10-15(2)36-37/h6,8-11,13-14,16,20,24H,3-5,7,12,32H2,1-2H3,(H2,33,34,35). The lowest BCUT2D eigenvalue weighted by Crippen LogP contribution is -2.34. The molecule has 2 heterocycles. The van der Waals surface area contributed by atoms with Crippen molar-refractivity contribution in [2.75, 3.05) is 12.3 Å². The summed E-state index contributed by atoms with van der Waals surface area (Å²) in [4.78, 5) is 20.0. The Morgan fingerprint density at radius 1 is 1.25 bits per heavy atom. The van der Waals surface area contributed by atoms with Gasteiger partial charge in [-0.1, -0.05) is 23.7 Å². The number of carbonyl (C=O) groups excluding carboxylic acids is 1. The third kappa shape index (κ3) is 7.11. The van der Waals surface area contributed by atoms with Crippen molar-refractivity contribution in [3.63, 3.8) is 0 Å². The Labute approximate surface area is 234 Å². The predicted molar refractivity (Wildman–Crippen MR) is 144 cm³/mol. The van der Waals surface area contributed by atoms with Gasteiger partial charge in [-0.25, -0.2) is 9.67 Å². The Bertz CT molecular complexity index is 1390. The fourth-order valence-corrected chi connectivity index (χ4v) is 4.79. The molecule has 40 heavy (non-hydrogen) atoms. The number of nitrogens with two attached hydrogens (primary N) is 2. The van der Waals surface area contributed by atoms with E-state index >= 15 is 0 Å². The average molecular weight is 579 g/mol. The van der Waals surface area contributed by atoms with Crippen LogP contribution >= 0.6 is 11.6 Å². The molecule has 0 fully saturated rings. The van der Waals surface area contributed by atoms with Crippen LogP contribution in [0.2, 0.25) is 5.02 Å². The lowest BCUT2D eigenvalue weighted by molar-refractivity contribution is -0.198. The number of halogens is 4. The summed E-state index contributed by atoms with van der Waals surface area (Å²) in [5.41, 5.74) is 13.5. The van der Waals surface area contributed by atoms with E-state index in [-0.39, 0.29) is 40.6 Å². The van der Waals surface area contributed by atoms with Crippen LogP contribution in [0.15, 0.2) is 42.6 Å². The van der Waals surface area contributed by atoms with E-state index < -0.39 is 24.3 Å². The van der Waals surface area contributed by atoms with Crippen molar-refractivity contribution >= 4 is 29.1 Å². The summed E-state index contributed by atoms with van der Waals surface area (Å²) in [6.45, 7) is 3.70. The van der Waals surface area contributed by atoms with Gasteiger partial charge in [-0.2, -0.15) is 23.3 Å². The van der Waals surface area contributed by atoms with E-state index in [0.29, 0.717) is 37.1 Å². The number of esters is 1. The normalized spacial score (nSPS) is 17.2. The van der Waals surface area contributed by atoms with Gasteiger partial charge < -0.3 is 20.9 Å². The molecule has 3 aromatic rings. The summed E-state index contributed by atoms with van der Waals surface area (Å²) in [6, 6.07) is 6.30. The second kappa shape index (κ2) is 12.3. The Hall–Kier alpha value is -3.64. The molecule has 4 rings (SSSR count). The molecule has 1 aliphatic carbocycles. The SMILES string of the molecule is CCOC(=O)C(N)CC1CC=C(c2cc(OC(c3ccc(Cl)cc3-n3ccc(C)n3)C(F)(F)F)nc(N)n2)CC1. The highest BCUT2D eigenvalue weighted by atomic mass is 35.5. The topological polar surface area (TPSA) is 131 Å². The van der Waals surface area contributed by atoms with Crippen molar-refractivity contribution < 1.29 is 27.4 Å². The van der Waals surface area contributed by atoms with Crippen molar-refractivity contribution in [1.82, 2.24) is 19.7 Å². The number of aromatic nitrogens is 4. The van der Waals surface area contributed by atoms with Crippen LogP contribution in [-0.2, 0) is 9.53 Å². The minimum absolute atomic E-state index is 0.118. The van der Waals surface area contributed by atoms with Crippen LogP contribution in [0.1, 0.15) is 55.7 Å². The fraction of sp³-hybridized carbons (Fsp3) is 0.407. The van der Waals surface area contributed by atoms with Crippen molar-refractivity contribution in [2.24, 2.45) is 11.7 Å². The summed E-state index contributed by atoms with van der Waals surface area (Å²) in [5.74, 6) is -0.829. The average Bonchev–Trinajstić information content (AvgIpc) is 3.33. The minimum atomic E-state index is -4.81. The lowest BCUT2D eigenvalue weighted by Gasteiger charge is -2.25. The molecular formula is C27H30ClF3N6O3. The maximum absolute atomic E-state index is 14.4. The zero-order chi connectivity index (χ0) is 29.0. The number of ether oxygens (including phenoxy) is 2. The molecular weight excluding hydrogens is 549 g/mol. The van der Waals surface area contributed by atoms with Gasteiger partial charge in [0.2, 0.25) is 17.9 Å². The smallest absolute Gasteiger partial charge is 0.429 e. The van der Waals surface area contributed by atoms with Crippen LogP contribution < -0.4 is 16.2 Å². The number of hydrogen-bond donors (Lipinski definition) is 2. The molecule has 1 aliphatic rings. The number of rotatable bonds is 9. The molecule has 9 nitrogen and oxygen atoms in total. The molecule has 3 unspecified atom stereocenters. The van der Waals surface area contributed by atoms with Crippen molar-refractivity contribution in [2.45, 2.75) is 57.9 Å². The van der Waals surface area contributed by atoms with E-state index in [4.69, 9.17) is 32.5 Å². The molecule has 0 spiro atoms. The maximum Gasteiger partial charge on any atom is 0.429 e. The summed E-state index contributed by atoms with van der Waals surface area (Å²) >= 11 is 6.11. The molecule has 0 saturated carbocycles. The Kier molecular flexibility index (Phi) is 8.99. The number of aryl methyl sites for hydroxylation is 1. The summed E-state index contributed by atoms with van der Waals surface area (Å²) < 4.78 is 54.9. The fourth-order valence-electron chi connectivity index (χ4n) is 4.62. The first-order valence-corrected chi connectivity index (χ1v) is 13.1. The minimum Gasteiger partial charge on any atom is -0.465 e. The number of nitrogens with zero attached hydrogens (tertiary/aromatic N) is 4. The highest BCUT2D eigenvalue weighted by Gasteiger charge is 2.45. The Morgan fingerprint density at radius 3 is 2.65 bits per heavy atom. The van der Waals surface area contributed by atoms with Crippen LogP contribution in [0.5, 0.6) is 5.88 Å². The second-order valence-electron chi connectivity index (χ2n) is 9.56. The molecule has 214 valence electrons. The third-order valence-electron chi connectivity index (χ3n) is 6.53. The quantitative estimate of drug-likeness (QED) is 0.325. The number of allylic oxidation sites excluding steroid dienone is 2. The van der Waals surface area contributed by atoms with E-state index in [0.717, 1.165) is 5.57 Å². The van der Waals surface area contributed by atoms with Gasteiger partial charge in [-0.3, -0.25) is 4.79 Å². The lowest BCUT2D eigenvalue weighted by atomic mass is 9.84. The van der Waals surface area contributed by atoms with Crippen molar-refractivity contribution in [3.8, 4) is 11.6 Å². The maximum atomic E-state index is 14.4. The van der Waals surface area contributed by atoms with Gasteiger partial charge in [0.05, 0.1) is 23.7 Å². The van der Waals surface area contributed by atoms with E-state index in [2.05, 4.69) is 15.1 Å². The van der Waals surface area contributed by atoms with E-state index in [9.17, 15) is 18.0 Å². The molecule has 3 atom stereocenters. The van der Waals surface area contributed by atoms with Crippen LogP contribution in [-0.4, -0.2) is 44.5 Å². The number of hydrogen-bond acceptors (Lipinski definition) is 8. The molecule has 0 bridgehead atoms. The highest BCUT2D eigenvalue weighted by molar-refractivity contribution is 6.30. The van der Waals surface area contributed by atoms with Gasteiger partial charge in [-0.15, -0.1) is 0 Å². The molecule has 1 aromatic carbocycles. The van der Waals surface area contributed by atoms with Gasteiger partial charge in [0.1, 0.15) is 6.04 Å². The van der Waals surface area contributed by atoms with Crippen LogP contribution in [0.25, 0.3) is 11.3 Å². The molecule has 0 aliphatic heterocycles. The molecule has 0 radical (unpaired) electrons. The molecule has 2 aromatic heterocycles. The van der Waals surface area contributed by atoms with E-state index in [1.807, 2.05) is 6.08 Å². The molecule has 4 N–H and O–H groups in total. The molecule has 0 saturated heterocycles. The first-order valence-electron chi connectivity index (χ1n) is 12.8. The van der Waals surface area contributed by atoms with Crippen molar-refractivity contribution in [3.05, 3.63) is 64.6 Å². The Balaban J connectivity index is 1.59. The zero-order valence-corrected chi connectivity index (χ0v) is 22.7. The first-order chi connectivity index (χ1) is 18.9.